The highest BCUT2D eigenvalue weighted by Gasteiger charge is 2.38. The minimum atomic E-state index is -0.651. The van der Waals surface area contributed by atoms with Crippen molar-refractivity contribution in [1.82, 2.24) is 19.9 Å². The molecule has 1 aliphatic heterocycles. The Morgan fingerprint density at radius 2 is 1.85 bits per heavy atom. The number of methoxy groups -OCH3 is 1. The Balaban J connectivity index is 1.34. The van der Waals surface area contributed by atoms with E-state index in [4.69, 9.17) is 9.47 Å². The zero-order valence-corrected chi connectivity index (χ0v) is 22.7. The molecule has 9 heteroatoms. The van der Waals surface area contributed by atoms with Crippen LogP contribution < -0.4 is 5.32 Å². The lowest BCUT2D eigenvalue weighted by atomic mass is 9.80. The van der Waals surface area contributed by atoms with E-state index in [-0.39, 0.29) is 6.61 Å². The third-order valence-corrected chi connectivity index (χ3v) is 7.50. The Bertz CT molecular complexity index is 1600. The zero-order valence-electron chi connectivity index (χ0n) is 21.9. The molecular weight excluding hydrogens is 512 g/mol. The fourth-order valence-corrected chi connectivity index (χ4v) is 5.64. The summed E-state index contributed by atoms with van der Waals surface area (Å²) in [6.45, 7) is 4.46. The van der Waals surface area contributed by atoms with Gasteiger partial charge < -0.3 is 19.4 Å². The van der Waals surface area contributed by atoms with E-state index >= 15 is 0 Å². The Morgan fingerprint density at radius 3 is 2.56 bits per heavy atom. The number of nitrogens with one attached hydrogen (secondary N) is 1. The molecule has 0 saturated carbocycles. The third-order valence-electron chi connectivity index (χ3n) is 6.61. The van der Waals surface area contributed by atoms with Crippen LogP contribution in [0.3, 0.4) is 0 Å². The molecule has 1 aliphatic rings. The minimum Gasteiger partial charge on any atom is -0.466 e. The molecule has 0 aliphatic carbocycles. The number of carbonyl (C=O) groups is 2. The van der Waals surface area contributed by atoms with Crippen molar-refractivity contribution in [1.29, 1.82) is 0 Å². The molecular formula is C30H28N4O4S. The van der Waals surface area contributed by atoms with Gasteiger partial charge >= 0.3 is 11.9 Å². The summed E-state index contributed by atoms with van der Waals surface area (Å²) in [5, 5.41) is 3.18. The lowest BCUT2D eigenvalue weighted by Crippen LogP contribution is -2.32. The predicted molar refractivity (Wildman–Crippen MR) is 151 cm³/mol. The first-order chi connectivity index (χ1) is 19.0. The van der Waals surface area contributed by atoms with Crippen molar-refractivity contribution in [2.45, 2.75) is 26.3 Å². The number of rotatable bonds is 8. The second kappa shape index (κ2) is 11.5. The first-order valence-corrected chi connectivity index (χ1v) is 13.3. The third kappa shape index (κ3) is 5.53. The number of esters is 2. The van der Waals surface area contributed by atoms with Gasteiger partial charge in [-0.3, -0.25) is 0 Å². The topological polar surface area (TPSA) is 95.3 Å². The average molecular weight is 541 g/mol. The Labute approximate surface area is 230 Å². The molecule has 3 heterocycles. The van der Waals surface area contributed by atoms with Crippen LogP contribution in [-0.2, 0) is 25.6 Å². The minimum absolute atomic E-state index is 0.0835. The highest BCUT2D eigenvalue weighted by Crippen LogP contribution is 2.42. The lowest BCUT2D eigenvalue weighted by molar-refractivity contribution is -0.138. The van der Waals surface area contributed by atoms with Crippen LogP contribution in [0.2, 0.25) is 0 Å². The summed E-state index contributed by atoms with van der Waals surface area (Å²) < 4.78 is 13.7. The smallest absolute Gasteiger partial charge is 0.337 e. The monoisotopic (exact) mass is 540 g/mol. The van der Waals surface area contributed by atoms with E-state index < -0.39 is 17.9 Å². The van der Waals surface area contributed by atoms with Gasteiger partial charge in [-0.15, -0.1) is 11.3 Å². The van der Waals surface area contributed by atoms with Gasteiger partial charge in [0, 0.05) is 30.3 Å². The van der Waals surface area contributed by atoms with Crippen LogP contribution in [0.4, 0.5) is 0 Å². The van der Waals surface area contributed by atoms with Crippen molar-refractivity contribution in [3.63, 3.8) is 0 Å². The van der Waals surface area contributed by atoms with Gasteiger partial charge in [0.1, 0.15) is 6.61 Å². The summed E-state index contributed by atoms with van der Waals surface area (Å²) in [4.78, 5) is 34.9. The molecule has 4 aromatic rings. The largest absolute Gasteiger partial charge is 0.466 e. The standard InChI is InChI=1S/C30H28N4O4S/c1-19-25(29(35)37-3)27(23-7-4-8-24-28(23)39-18-32-24)26(20(2)33-19)30(36)38-15-5-6-21-9-11-22(12-10-21)16-34-14-13-31-17-34/h4-14,17-18,27,33H,15-16H2,1-3H3/b6-5+. The molecule has 1 N–H and O–H groups in total. The number of hydrogen-bond acceptors (Lipinski definition) is 8. The summed E-state index contributed by atoms with van der Waals surface area (Å²) in [5.74, 6) is -1.65. The number of fused-ring (bicyclic) bond motifs is 1. The summed E-state index contributed by atoms with van der Waals surface area (Å²) in [6, 6.07) is 13.9. The Morgan fingerprint density at radius 1 is 1.08 bits per heavy atom. The number of benzene rings is 2. The lowest BCUT2D eigenvalue weighted by Gasteiger charge is -2.30. The van der Waals surface area contributed by atoms with E-state index in [1.807, 2.05) is 54.1 Å². The molecule has 0 fully saturated rings. The van der Waals surface area contributed by atoms with E-state index in [1.54, 1.807) is 31.0 Å². The Kier molecular flexibility index (Phi) is 7.69. The molecule has 0 amide bonds. The van der Waals surface area contributed by atoms with Crippen LogP contribution in [0.25, 0.3) is 16.3 Å². The number of aromatic nitrogens is 3. The van der Waals surface area contributed by atoms with Crippen molar-refractivity contribution in [3.05, 3.63) is 112 Å². The Hall–Kier alpha value is -4.50. The molecule has 2 aromatic carbocycles. The first kappa shape index (κ1) is 26.1. The number of hydrogen-bond donors (Lipinski definition) is 1. The van der Waals surface area contributed by atoms with E-state index in [2.05, 4.69) is 27.4 Å². The number of nitrogens with zero attached hydrogens (tertiary/aromatic N) is 3. The normalized spacial score (nSPS) is 15.6. The number of thiazole rings is 1. The average Bonchev–Trinajstić information content (AvgIpc) is 3.63. The van der Waals surface area contributed by atoms with Crippen LogP contribution in [0.1, 0.15) is 36.5 Å². The number of allylic oxidation sites excluding steroid dienone is 2. The zero-order chi connectivity index (χ0) is 27.4. The van der Waals surface area contributed by atoms with E-state index in [0.717, 1.165) is 33.5 Å². The van der Waals surface area contributed by atoms with Gasteiger partial charge in [0.2, 0.25) is 0 Å². The van der Waals surface area contributed by atoms with Crippen LogP contribution in [0.15, 0.2) is 95.3 Å². The molecule has 2 aromatic heterocycles. The summed E-state index contributed by atoms with van der Waals surface area (Å²) in [6.07, 6.45) is 9.18. The molecule has 0 saturated heterocycles. The van der Waals surface area contributed by atoms with Crippen molar-refractivity contribution in [3.8, 4) is 0 Å². The maximum absolute atomic E-state index is 13.5. The number of ether oxygens (including phenoxy) is 2. The van der Waals surface area contributed by atoms with Gasteiger partial charge in [-0.05, 0) is 42.7 Å². The fraction of sp³-hybridized carbons (Fsp3) is 0.200. The molecule has 5 rings (SSSR count). The van der Waals surface area contributed by atoms with Crippen molar-refractivity contribution < 1.29 is 19.1 Å². The number of dihydropyridines is 1. The van der Waals surface area contributed by atoms with Gasteiger partial charge in [-0.1, -0.05) is 42.5 Å². The molecule has 8 nitrogen and oxygen atoms in total. The second-order valence-corrected chi connectivity index (χ2v) is 10.0. The van der Waals surface area contributed by atoms with Gasteiger partial charge in [0.25, 0.3) is 0 Å². The fourth-order valence-electron chi connectivity index (χ4n) is 4.80. The molecule has 1 unspecified atom stereocenters. The highest BCUT2D eigenvalue weighted by atomic mass is 32.1. The summed E-state index contributed by atoms with van der Waals surface area (Å²) in [7, 11) is 1.34. The molecule has 1 atom stereocenters. The molecule has 0 radical (unpaired) electrons. The van der Waals surface area contributed by atoms with Crippen molar-refractivity contribution in [2.24, 2.45) is 0 Å². The summed E-state index contributed by atoms with van der Waals surface area (Å²) >= 11 is 1.47. The summed E-state index contributed by atoms with van der Waals surface area (Å²) in [5.41, 5.74) is 7.56. The van der Waals surface area contributed by atoms with Crippen LogP contribution in [-0.4, -0.2) is 40.2 Å². The van der Waals surface area contributed by atoms with Crippen molar-refractivity contribution >= 4 is 39.6 Å². The van der Waals surface area contributed by atoms with Gasteiger partial charge in [-0.2, -0.15) is 0 Å². The molecule has 39 heavy (non-hydrogen) atoms. The maximum Gasteiger partial charge on any atom is 0.337 e. The predicted octanol–water partition coefficient (Wildman–Crippen LogP) is 5.21. The molecule has 0 spiro atoms. The van der Waals surface area contributed by atoms with Crippen molar-refractivity contribution in [2.75, 3.05) is 13.7 Å². The van der Waals surface area contributed by atoms with Crippen LogP contribution in [0, 0.1) is 0 Å². The number of imidazole rings is 1. The van der Waals surface area contributed by atoms with Crippen LogP contribution >= 0.6 is 11.3 Å². The van der Waals surface area contributed by atoms with E-state index in [0.29, 0.717) is 22.5 Å². The maximum atomic E-state index is 13.5. The van der Waals surface area contributed by atoms with E-state index in [1.165, 1.54) is 18.4 Å². The quantitative estimate of drug-likeness (QED) is 0.307. The highest BCUT2D eigenvalue weighted by molar-refractivity contribution is 7.17. The number of carbonyl (C=O) groups excluding carboxylic acids is 2. The SMILES string of the molecule is COC(=O)C1=C(C)NC(C)=C(C(=O)OC/C=C/c2ccc(Cn3ccnc3)cc2)C1c1cccc2ncsc12. The second-order valence-electron chi connectivity index (χ2n) is 9.15. The van der Waals surface area contributed by atoms with Gasteiger partial charge in [-0.25, -0.2) is 19.6 Å². The van der Waals surface area contributed by atoms with Crippen LogP contribution in [0.5, 0.6) is 0 Å². The van der Waals surface area contributed by atoms with E-state index in [9.17, 15) is 9.59 Å². The molecule has 198 valence electrons. The van der Waals surface area contributed by atoms with Gasteiger partial charge in [0.15, 0.2) is 0 Å². The van der Waals surface area contributed by atoms with Gasteiger partial charge in [0.05, 0.1) is 46.2 Å². The molecule has 0 bridgehead atoms. The first-order valence-electron chi connectivity index (χ1n) is 12.4.